The highest BCUT2D eigenvalue weighted by molar-refractivity contribution is 7.98. The molecule has 0 atom stereocenters. The van der Waals surface area contributed by atoms with E-state index < -0.39 is 0 Å². The summed E-state index contributed by atoms with van der Waals surface area (Å²) in [7, 11) is 0. The molecule has 0 saturated carbocycles. The lowest BCUT2D eigenvalue weighted by atomic mass is 10.2. The summed E-state index contributed by atoms with van der Waals surface area (Å²) in [6.07, 6.45) is 0. The highest BCUT2D eigenvalue weighted by atomic mass is 35.5. The van der Waals surface area contributed by atoms with Crippen LogP contribution in [-0.4, -0.2) is 5.91 Å². The number of carbonyl (C=O) groups is 1. The van der Waals surface area contributed by atoms with Gasteiger partial charge in [0.05, 0.1) is 5.69 Å². The molecule has 0 aliphatic carbocycles. The Morgan fingerprint density at radius 3 is 2.53 bits per heavy atom. The molecule has 0 fully saturated rings. The van der Waals surface area contributed by atoms with Gasteiger partial charge in [0.1, 0.15) is 0 Å². The molecule has 98 valence electrons. The number of rotatable bonds is 4. The summed E-state index contributed by atoms with van der Waals surface area (Å²) < 4.78 is 0. The average Bonchev–Trinajstić information content (AvgIpc) is 2.39. The van der Waals surface area contributed by atoms with Crippen LogP contribution in [0.1, 0.15) is 12.5 Å². The van der Waals surface area contributed by atoms with E-state index in [0.29, 0.717) is 0 Å². The minimum Gasteiger partial charge on any atom is -0.325 e. The van der Waals surface area contributed by atoms with E-state index in [-0.39, 0.29) is 5.91 Å². The SMILES string of the molecule is CC(=O)Nc1ccccc1SCc1ccc(Cl)cc1. The van der Waals surface area contributed by atoms with Crippen molar-refractivity contribution in [3.8, 4) is 0 Å². The number of hydrogen-bond acceptors (Lipinski definition) is 2. The highest BCUT2D eigenvalue weighted by Gasteiger charge is 2.04. The number of thioether (sulfide) groups is 1. The fraction of sp³-hybridized carbons (Fsp3) is 0.133. The van der Waals surface area contributed by atoms with E-state index in [1.165, 1.54) is 12.5 Å². The first-order chi connectivity index (χ1) is 9.15. The first-order valence-corrected chi connectivity index (χ1v) is 7.25. The van der Waals surface area contributed by atoms with Gasteiger partial charge in [-0.05, 0) is 29.8 Å². The Labute approximate surface area is 122 Å². The standard InChI is InChI=1S/C15H14ClNOS/c1-11(18)17-14-4-2-3-5-15(14)19-10-12-6-8-13(16)9-7-12/h2-9H,10H2,1H3,(H,17,18). The van der Waals surface area contributed by atoms with Crippen LogP contribution in [0, 0.1) is 0 Å². The van der Waals surface area contributed by atoms with Crippen LogP contribution in [-0.2, 0) is 10.5 Å². The summed E-state index contributed by atoms with van der Waals surface area (Å²) in [6.45, 7) is 1.51. The lowest BCUT2D eigenvalue weighted by Gasteiger charge is -2.09. The van der Waals surface area contributed by atoms with Crippen molar-refractivity contribution in [1.82, 2.24) is 0 Å². The third-order valence-electron chi connectivity index (χ3n) is 2.51. The molecule has 19 heavy (non-hydrogen) atoms. The number of benzene rings is 2. The maximum Gasteiger partial charge on any atom is 0.221 e. The zero-order chi connectivity index (χ0) is 13.7. The zero-order valence-corrected chi connectivity index (χ0v) is 12.1. The number of anilines is 1. The molecule has 0 bridgehead atoms. The topological polar surface area (TPSA) is 29.1 Å². The minimum atomic E-state index is -0.0560. The van der Waals surface area contributed by atoms with Crippen molar-refractivity contribution in [2.24, 2.45) is 0 Å². The summed E-state index contributed by atoms with van der Waals surface area (Å²) in [4.78, 5) is 12.2. The van der Waals surface area contributed by atoms with Crippen LogP contribution in [0.4, 0.5) is 5.69 Å². The maximum absolute atomic E-state index is 11.1. The van der Waals surface area contributed by atoms with Crippen molar-refractivity contribution in [3.05, 3.63) is 59.1 Å². The third-order valence-corrected chi connectivity index (χ3v) is 3.90. The molecular formula is C15H14ClNOS. The number of halogens is 1. The van der Waals surface area contributed by atoms with E-state index >= 15 is 0 Å². The summed E-state index contributed by atoms with van der Waals surface area (Å²) in [5.41, 5.74) is 2.06. The van der Waals surface area contributed by atoms with Crippen molar-refractivity contribution in [1.29, 1.82) is 0 Å². The highest BCUT2D eigenvalue weighted by Crippen LogP contribution is 2.30. The Kier molecular flexibility index (Phi) is 4.88. The second-order valence-electron chi connectivity index (χ2n) is 4.09. The smallest absolute Gasteiger partial charge is 0.221 e. The predicted octanol–water partition coefficient (Wildman–Crippen LogP) is 4.59. The van der Waals surface area contributed by atoms with E-state index in [1.54, 1.807) is 11.8 Å². The Bertz CT molecular complexity index is 569. The minimum absolute atomic E-state index is 0.0560. The molecule has 0 unspecified atom stereocenters. The molecule has 0 aromatic heterocycles. The van der Waals surface area contributed by atoms with Crippen molar-refractivity contribution in [2.75, 3.05) is 5.32 Å². The van der Waals surface area contributed by atoms with E-state index in [0.717, 1.165) is 21.4 Å². The molecule has 2 nitrogen and oxygen atoms in total. The maximum atomic E-state index is 11.1. The van der Waals surface area contributed by atoms with E-state index in [2.05, 4.69) is 5.32 Å². The molecule has 2 rings (SSSR count). The molecule has 0 saturated heterocycles. The second kappa shape index (κ2) is 6.64. The molecule has 1 N–H and O–H groups in total. The predicted molar refractivity (Wildman–Crippen MR) is 81.8 cm³/mol. The molecule has 2 aromatic rings. The number of hydrogen-bond donors (Lipinski definition) is 1. The van der Waals surface area contributed by atoms with Crippen LogP contribution in [0.2, 0.25) is 5.02 Å². The van der Waals surface area contributed by atoms with Crippen molar-refractivity contribution >= 4 is 35.0 Å². The number of amides is 1. The second-order valence-corrected chi connectivity index (χ2v) is 5.55. The number of carbonyl (C=O) groups excluding carboxylic acids is 1. The monoisotopic (exact) mass is 291 g/mol. The fourth-order valence-electron chi connectivity index (χ4n) is 1.63. The van der Waals surface area contributed by atoms with Gasteiger partial charge in [-0.1, -0.05) is 35.9 Å². The summed E-state index contributed by atoms with van der Waals surface area (Å²) >= 11 is 7.55. The zero-order valence-electron chi connectivity index (χ0n) is 10.5. The lowest BCUT2D eigenvalue weighted by Crippen LogP contribution is -2.06. The van der Waals surface area contributed by atoms with E-state index in [9.17, 15) is 4.79 Å². The van der Waals surface area contributed by atoms with Gasteiger partial charge in [-0.25, -0.2) is 0 Å². The van der Waals surface area contributed by atoms with Crippen molar-refractivity contribution < 1.29 is 4.79 Å². The third kappa shape index (κ3) is 4.30. The van der Waals surface area contributed by atoms with E-state index in [1.807, 2.05) is 48.5 Å². The number of para-hydroxylation sites is 1. The van der Waals surface area contributed by atoms with Gasteiger partial charge >= 0.3 is 0 Å². The van der Waals surface area contributed by atoms with Gasteiger partial charge in [0, 0.05) is 22.6 Å². The van der Waals surface area contributed by atoms with E-state index in [4.69, 9.17) is 11.6 Å². The number of nitrogens with one attached hydrogen (secondary N) is 1. The van der Waals surface area contributed by atoms with Gasteiger partial charge in [-0.15, -0.1) is 11.8 Å². The Hall–Kier alpha value is -1.45. The molecule has 4 heteroatoms. The van der Waals surface area contributed by atoms with Gasteiger partial charge in [-0.2, -0.15) is 0 Å². The molecule has 2 aromatic carbocycles. The average molecular weight is 292 g/mol. The van der Waals surface area contributed by atoms with Gasteiger partial charge < -0.3 is 5.32 Å². The molecule has 0 aliphatic heterocycles. The van der Waals surface area contributed by atoms with Gasteiger partial charge in [0.2, 0.25) is 5.91 Å². The largest absolute Gasteiger partial charge is 0.325 e. The first-order valence-electron chi connectivity index (χ1n) is 5.89. The summed E-state index contributed by atoms with van der Waals surface area (Å²) in [5.74, 6) is 0.785. The van der Waals surface area contributed by atoms with Gasteiger partial charge in [0.25, 0.3) is 0 Å². The van der Waals surface area contributed by atoms with Crippen LogP contribution in [0.25, 0.3) is 0 Å². The van der Waals surface area contributed by atoms with Crippen LogP contribution in [0.15, 0.2) is 53.4 Å². The molecule has 0 heterocycles. The first kappa shape index (κ1) is 14.0. The fourth-order valence-corrected chi connectivity index (χ4v) is 2.72. The molecular weight excluding hydrogens is 278 g/mol. The Morgan fingerprint density at radius 2 is 1.84 bits per heavy atom. The van der Waals surface area contributed by atoms with Crippen molar-refractivity contribution in [2.45, 2.75) is 17.6 Å². The summed E-state index contributed by atoms with van der Waals surface area (Å²) in [6, 6.07) is 15.6. The van der Waals surface area contributed by atoms with Crippen LogP contribution in [0.5, 0.6) is 0 Å². The van der Waals surface area contributed by atoms with Gasteiger partial charge in [-0.3, -0.25) is 4.79 Å². The lowest BCUT2D eigenvalue weighted by molar-refractivity contribution is -0.114. The molecule has 0 radical (unpaired) electrons. The van der Waals surface area contributed by atoms with Gasteiger partial charge in [0.15, 0.2) is 0 Å². The van der Waals surface area contributed by atoms with Crippen LogP contribution >= 0.6 is 23.4 Å². The molecule has 0 aliphatic rings. The van der Waals surface area contributed by atoms with Crippen molar-refractivity contribution in [3.63, 3.8) is 0 Å². The molecule has 0 spiro atoms. The summed E-state index contributed by atoms with van der Waals surface area (Å²) in [5, 5.41) is 3.58. The Balaban J connectivity index is 2.06. The Morgan fingerprint density at radius 1 is 1.16 bits per heavy atom. The normalized spacial score (nSPS) is 10.2. The quantitative estimate of drug-likeness (QED) is 0.835. The van der Waals surface area contributed by atoms with Crippen LogP contribution in [0.3, 0.4) is 0 Å². The van der Waals surface area contributed by atoms with Crippen LogP contribution < -0.4 is 5.32 Å². The molecule has 1 amide bonds.